The van der Waals surface area contributed by atoms with Crippen molar-refractivity contribution in [1.29, 1.82) is 0 Å². The summed E-state index contributed by atoms with van der Waals surface area (Å²) in [6.45, 7) is 7.21. The van der Waals surface area contributed by atoms with Crippen LogP contribution in [0.25, 0.3) is 43.6 Å². The zero-order chi connectivity index (χ0) is 31.3. The van der Waals surface area contributed by atoms with Gasteiger partial charge in [0.25, 0.3) is 11.8 Å². The number of carbonyl (C=O) groups excluding carboxylic acids is 2. The van der Waals surface area contributed by atoms with Crippen molar-refractivity contribution in [2.45, 2.75) is 12.8 Å². The maximum Gasteiger partial charge on any atom is 0.253 e. The zero-order valence-electron chi connectivity index (χ0n) is 25.9. The Balaban J connectivity index is 0.822. The number of benzene rings is 4. The average molecular weight is 611 g/mol. The lowest BCUT2D eigenvalue weighted by atomic mass is 10.1. The molecule has 232 valence electrons. The first-order chi connectivity index (χ1) is 22.6. The van der Waals surface area contributed by atoms with Gasteiger partial charge in [-0.15, -0.1) is 0 Å². The highest BCUT2D eigenvalue weighted by atomic mass is 16.2. The minimum absolute atomic E-state index is 0.0736. The third-order valence-electron chi connectivity index (χ3n) is 8.92. The molecule has 1 saturated heterocycles. The Morgan fingerprint density at radius 1 is 0.543 bits per heavy atom. The first-order valence-electron chi connectivity index (χ1n) is 16.2. The molecule has 0 radical (unpaired) electrons. The van der Waals surface area contributed by atoms with Crippen molar-refractivity contribution >= 4 is 55.4 Å². The summed E-state index contributed by atoms with van der Waals surface area (Å²) in [5.74, 6) is -0.147. The third-order valence-corrected chi connectivity index (χ3v) is 8.92. The van der Waals surface area contributed by atoms with E-state index in [1.54, 1.807) is 0 Å². The minimum atomic E-state index is -0.0736. The number of pyridine rings is 2. The first kappa shape index (κ1) is 29.8. The Morgan fingerprint density at radius 2 is 0.957 bits per heavy atom. The number of hydrogen-bond donors (Lipinski definition) is 2. The van der Waals surface area contributed by atoms with Crippen molar-refractivity contribution in [2.24, 2.45) is 0 Å². The number of para-hydroxylation sites is 4. The quantitative estimate of drug-likeness (QED) is 0.154. The molecule has 0 aliphatic carbocycles. The van der Waals surface area contributed by atoms with Crippen LogP contribution in [0.1, 0.15) is 33.6 Å². The molecule has 8 heteroatoms. The van der Waals surface area contributed by atoms with Gasteiger partial charge in [0.15, 0.2) is 0 Å². The molecule has 4 aromatic carbocycles. The lowest BCUT2D eigenvalue weighted by Crippen LogP contribution is -2.47. The average Bonchev–Trinajstić information content (AvgIpc) is 3.10. The van der Waals surface area contributed by atoms with Crippen molar-refractivity contribution in [1.82, 2.24) is 30.4 Å². The van der Waals surface area contributed by atoms with Crippen LogP contribution in [0.4, 0.5) is 0 Å². The van der Waals surface area contributed by atoms with Crippen LogP contribution in [-0.4, -0.2) is 83.9 Å². The zero-order valence-corrected chi connectivity index (χ0v) is 25.9. The predicted octanol–water partition coefficient (Wildman–Crippen LogP) is 5.65. The fourth-order valence-electron chi connectivity index (χ4n) is 6.41. The second-order valence-electron chi connectivity index (χ2n) is 12.0. The van der Waals surface area contributed by atoms with Crippen LogP contribution < -0.4 is 10.6 Å². The number of fused-ring (bicyclic) bond motifs is 4. The monoisotopic (exact) mass is 610 g/mol. The normalized spacial score (nSPS) is 14.3. The molecule has 6 aromatic rings. The third kappa shape index (κ3) is 6.54. The summed E-state index contributed by atoms with van der Waals surface area (Å²) in [5.41, 5.74) is 4.52. The Hall–Kier alpha value is -4.92. The molecular formula is C38H38N6O2. The SMILES string of the molecule is O=C(NCCCN1CCN(CCCNC(=O)c2cccc3cc4ccccc4nc23)CC1)c1cccc2cc3ccccc3nc12. The number of carbonyl (C=O) groups is 2. The lowest BCUT2D eigenvalue weighted by Gasteiger charge is -2.34. The molecule has 2 N–H and O–H groups in total. The van der Waals surface area contributed by atoms with Gasteiger partial charge in [-0.1, -0.05) is 60.7 Å². The van der Waals surface area contributed by atoms with E-state index in [9.17, 15) is 9.59 Å². The van der Waals surface area contributed by atoms with Gasteiger partial charge in [0.2, 0.25) is 0 Å². The molecule has 46 heavy (non-hydrogen) atoms. The van der Waals surface area contributed by atoms with E-state index in [2.05, 4.69) is 32.6 Å². The molecule has 2 amide bonds. The fraction of sp³-hybridized carbons (Fsp3) is 0.263. The molecule has 0 bridgehead atoms. The summed E-state index contributed by atoms with van der Waals surface area (Å²) in [6, 6.07) is 31.7. The fourth-order valence-corrected chi connectivity index (χ4v) is 6.41. The largest absolute Gasteiger partial charge is 0.352 e. The van der Waals surface area contributed by atoms with E-state index in [1.807, 2.05) is 84.9 Å². The Morgan fingerprint density at radius 3 is 1.41 bits per heavy atom. The topological polar surface area (TPSA) is 90.5 Å². The summed E-state index contributed by atoms with van der Waals surface area (Å²) in [5, 5.41) is 10.3. The van der Waals surface area contributed by atoms with Crippen molar-refractivity contribution in [3.8, 4) is 0 Å². The van der Waals surface area contributed by atoms with Gasteiger partial charge in [-0.3, -0.25) is 9.59 Å². The maximum absolute atomic E-state index is 13.0. The minimum Gasteiger partial charge on any atom is -0.352 e. The second-order valence-corrected chi connectivity index (χ2v) is 12.0. The van der Waals surface area contributed by atoms with Crippen molar-refractivity contribution in [3.05, 3.63) is 108 Å². The predicted molar refractivity (Wildman–Crippen MR) is 185 cm³/mol. The summed E-state index contributed by atoms with van der Waals surface area (Å²) in [4.78, 5) is 40.6. The number of amides is 2. The van der Waals surface area contributed by atoms with Crippen molar-refractivity contribution in [2.75, 3.05) is 52.4 Å². The highest BCUT2D eigenvalue weighted by Gasteiger charge is 2.17. The van der Waals surface area contributed by atoms with E-state index in [-0.39, 0.29) is 11.8 Å². The molecule has 8 nitrogen and oxygen atoms in total. The van der Waals surface area contributed by atoms with Gasteiger partial charge in [-0.2, -0.15) is 0 Å². The molecule has 7 rings (SSSR count). The van der Waals surface area contributed by atoms with E-state index in [0.29, 0.717) is 24.2 Å². The molecule has 0 saturated carbocycles. The molecule has 1 aliphatic rings. The molecular weight excluding hydrogens is 572 g/mol. The standard InChI is InChI=1S/C38H38N6O2/c45-37(31-13-5-11-29-25-27-9-1-3-15-33(27)41-35(29)31)39-17-7-19-43-21-23-44(24-22-43)20-8-18-40-38(46)32-14-6-12-30-26-28-10-2-4-16-34(28)42-36(30)32/h1-6,9-16,25-26H,7-8,17-24H2,(H,39,45)(H,40,46). The number of rotatable bonds is 10. The highest BCUT2D eigenvalue weighted by Crippen LogP contribution is 2.24. The first-order valence-corrected chi connectivity index (χ1v) is 16.2. The van der Waals surface area contributed by atoms with Gasteiger partial charge in [0.1, 0.15) is 0 Å². The number of piperazine rings is 1. The number of hydrogen-bond acceptors (Lipinski definition) is 6. The summed E-state index contributed by atoms with van der Waals surface area (Å²) in [7, 11) is 0. The molecule has 3 heterocycles. The van der Waals surface area contributed by atoms with Crippen molar-refractivity contribution < 1.29 is 9.59 Å². The molecule has 2 aromatic heterocycles. The maximum atomic E-state index is 13.0. The molecule has 0 spiro atoms. The molecule has 0 atom stereocenters. The highest BCUT2D eigenvalue weighted by molar-refractivity contribution is 6.08. The van der Waals surface area contributed by atoms with Crippen LogP contribution >= 0.6 is 0 Å². The number of aromatic nitrogens is 2. The van der Waals surface area contributed by atoms with Crippen molar-refractivity contribution in [3.63, 3.8) is 0 Å². The van der Waals surface area contributed by atoms with E-state index in [4.69, 9.17) is 9.97 Å². The van der Waals surface area contributed by atoms with Gasteiger partial charge in [0.05, 0.1) is 33.2 Å². The van der Waals surface area contributed by atoms with Crippen LogP contribution in [0.2, 0.25) is 0 Å². The Kier molecular flexibility index (Phi) is 8.80. The number of nitrogens with one attached hydrogen (secondary N) is 2. The van der Waals surface area contributed by atoms with Gasteiger partial charge in [-0.05, 0) is 62.3 Å². The summed E-state index contributed by atoms with van der Waals surface area (Å²) >= 11 is 0. The summed E-state index contributed by atoms with van der Waals surface area (Å²) < 4.78 is 0. The second kappa shape index (κ2) is 13.6. The number of nitrogens with zero attached hydrogens (tertiary/aromatic N) is 4. The molecule has 1 aliphatic heterocycles. The van der Waals surface area contributed by atoms with Gasteiger partial charge < -0.3 is 20.4 Å². The van der Waals surface area contributed by atoms with Crippen LogP contribution in [0.3, 0.4) is 0 Å². The Labute approximate surface area is 268 Å². The van der Waals surface area contributed by atoms with Crippen LogP contribution in [0.5, 0.6) is 0 Å². The van der Waals surface area contributed by atoms with Gasteiger partial charge in [0, 0.05) is 60.8 Å². The van der Waals surface area contributed by atoms with Gasteiger partial charge >= 0.3 is 0 Å². The van der Waals surface area contributed by atoms with E-state index in [0.717, 1.165) is 95.7 Å². The van der Waals surface area contributed by atoms with E-state index in [1.165, 1.54) is 0 Å². The smallest absolute Gasteiger partial charge is 0.253 e. The van der Waals surface area contributed by atoms with E-state index < -0.39 is 0 Å². The molecule has 1 fully saturated rings. The van der Waals surface area contributed by atoms with Crippen LogP contribution in [-0.2, 0) is 0 Å². The molecule has 0 unspecified atom stereocenters. The lowest BCUT2D eigenvalue weighted by molar-refractivity contribution is 0.0936. The van der Waals surface area contributed by atoms with Gasteiger partial charge in [-0.25, -0.2) is 9.97 Å². The van der Waals surface area contributed by atoms with E-state index >= 15 is 0 Å². The summed E-state index contributed by atoms with van der Waals surface area (Å²) in [6.07, 6.45) is 1.80. The van der Waals surface area contributed by atoms with Crippen LogP contribution in [0, 0.1) is 0 Å². The Bertz CT molecular complexity index is 1890. The van der Waals surface area contributed by atoms with Crippen LogP contribution in [0.15, 0.2) is 97.1 Å².